The van der Waals surface area contributed by atoms with Gasteiger partial charge in [0, 0.05) is 16.9 Å². The number of nitrogens with zero attached hydrogens (tertiary/aromatic N) is 1. The molecule has 0 aliphatic rings. The highest BCUT2D eigenvalue weighted by Gasteiger charge is 2.47. The van der Waals surface area contributed by atoms with E-state index in [1.54, 1.807) is 42.7 Å². The van der Waals surface area contributed by atoms with Gasteiger partial charge in [0.25, 0.3) is 0 Å². The summed E-state index contributed by atoms with van der Waals surface area (Å²) in [5.41, 5.74) is -30.2. The lowest BCUT2D eigenvalue weighted by Crippen LogP contribution is -2.75. The topological polar surface area (TPSA) is 13.1 Å². The summed E-state index contributed by atoms with van der Waals surface area (Å²) < 4.78 is 355. The molecule has 0 saturated carbocycles. The van der Waals surface area contributed by atoms with Crippen LogP contribution in [0.1, 0.15) is 44.5 Å². The second-order valence-corrected chi connectivity index (χ2v) is 15.0. The fraction of sp³-hybridized carbons (Fsp3) is 0.186. The molecule has 28 heteroatoms. The van der Waals surface area contributed by atoms with Crippen LogP contribution in [-0.4, -0.2) is 6.15 Å². The zero-order valence-electron chi connectivity index (χ0n) is 34.0. The van der Waals surface area contributed by atoms with E-state index in [1.165, 1.54) is 10.8 Å². The van der Waals surface area contributed by atoms with Gasteiger partial charge in [0.05, 0.1) is 44.5 Å². The smallest absolute Gasteiger partial charge is 0.228 e. The summed E-state index contributed by atoms with van der Waals surface area (Å²) in [4.78, 5) is 5.25. The van der Waals surface area contributed by atoms with Crippen LogP contribution in [0.5, 0.6) is 5.75 Å². The third kappa shape index (κ3) is 12.8. The van der Waals surface area contributed by atoms with Crippen LogP contribution < -0.4 is 31.4 Å². The van der Waals surface area contributed by atoms with Gasteiger partial charge >= 0.3 is 49.4 Å². The molecule has 6 rings (SSSR count). The van der Waals surface area contributed by atoms with E-state index in [-0.39, 0.29) is 11.6 Å². The van der Waals surface area contributed by atoms with E-state index < -0.39 is 195 Å². The molecule has 71 heavy (non-hydrogen) atoms. The van der Waals surface area contributed by atoms with E-state index in [1.807, 2.05) is 6.07 Å². The molecule has 0 spiro atoms. The molecule has 0 amide bonds. The lowest BCUT2D eigenvalue weighted by Gasteiger charge is -2.46. The summed E-state index contributed by atoms with van der Waals surface area (Å²) in [5, 5.41) is 0. The van der Waals surface area contributed by atoms with Crippen LogP contribution in [0.25, 0.3) is 0 Å². The van der Waals surface area contributed by atoms with Crippen molar-refractivity contribution < 1.29 is 119 Å². The van der Waals surface area contributed by atoms with Crippen LogP contribution in [0.4, 0.5) is 110 Å². The summed E-state index contributed by atoms with van der Waals surface area (Å²) in [6.07, 6.45) is -51.4. The molecular formula is C43H21BF25NO. The Labute approximate surface area is 380 Å². The quantitative estimate of drug-likeness (QED) is 0.0920. The molecule has 0 aliphatic heterocycles. The van der Waals surface area contributed by atoms with E-state index in [0.717, 1.165) is 0 Å². The molecule has 0 bridgehead atoms. The lowest BCUT2D eigenvalue weighted by molar-refractivity contribution is -0.875. The predicted octanol–water partition coefficient (Wildman–Crippen LogP) is 13.2. The van der Waals surface area contributed by atoms with Crippen LogP contribution in [0.15, 0.2) is 128 Å². The van der Waals surface area contributed by atoms with Crippen molar-refractivity contribution in [3.63, 3.8) is 0 Å². The second-order valence-electron chi connectivity index (χ2n) is 15.0. The van der Waals surface area contributed by atoms with Crippen LogP contribution in [0, 0.1) is 5.82 Å². The van der Waals surface area contributed by atoms with Gasteiger partial charge in [-0.2, -0.15) is 127 Å². The largest absolute Gasteiger partial charge is 0.416 e. The number of hydrogen-bond acceptors (Lipinski definition) is 1. The normalized spacial score (nSPS) is 13.4. The fourth-order valence-corrected chi connectivity index (χ4v) is 7.15. The van der Waals surface area contributed by atoms with Crippen molar-refractivity contribution in [2.45, 2.75) is 49.4 Å². The molecule has 5 aromatic carbocycles. The zero-order valence-corrected chi connectivity index (χ0v) is 34.0. The van der Waals surface area contributed by atoms with Gasteiger partial charge in [-0.25, -0.2) is 9.23 Å². The van der Waals surface area contributed by atoms with Gasteiger partial charge in [0.1, 0.15) is 6.15 Å². The molecule has 1 aromatic heterocycles. The van der Waals surface area contributed by atoms with Gasteiger partial charge in [-0.05, 0) is 36.4 Å². The molecule has 0 radical (unpaired) electrons. The monoisotopic (exact) mass is 1050 g/mol. The standard InChI is InChI=1S/C32H12BF24.C11H9FNO/c34-25(35,36)13-1-14(26(37,38)39)6-21(5-13)33(22-7-15(27(40,41)42)2-16(8-22)28(43,44)45,23-9-17(29(46,47)48)3-18(10-23)30(49,50)51)24-11-19(31(52,53)54)4-20(12-24)32(55,56)57;12-10-6-2-3-7-11(10)14-13-8-4-1-5-9-13/h1-12H;1-9H/q-1;+1. The molecule has 1 heterocycles. The van der Waals surface area contributed by atoms with Crippen molar-refractivity contribution in [2.24, 2.45) is 0 Å². The summed E-state index contributed by atoms with van der Waals surface area (Å²) in [6.45, 7) is 0. The second kappa shape index (κ2) is 18.8. The van der Waals surface area contributed by atoms with Crippen LogP contribution in [0.2, 0.25) is 0 Å². The molecule has 0 aliphatic carbocycles. The highest BCUT2D eigenvalue weighted by molar-refractivity contribution is 7.20. The number of alkyl halides is 24. The number of rotatable bonds is 6. The summed E-state index contributed by atoms with van der Waals surface area (Å²) in [6, 6.07) is 2.95. The Hall–Kier alpha value is -6.64. The summed E-state index contributed by atoms with van der Waals surface area (Å²) in [5.74, 6) is -0.160. The van der Waals surface area contributed by atoms with Gasteiger partial charge in [-0.15, -0.1) is 0 Å². The average Bonchev–Trinajstić information content (AvgIpc) is 3.22. The Balaban J connectivity index is 0.000000569. The number of pyridine rings is 1. The number of benzene rings is 5. The Morgan fingerprint density at radius 1 is 0.296 bits per heavy atom. The molecule has 0 N–H and O–H groups in total. The molecule has 0 atom stereocenters. The minimum atomic E-state index is -6.13. The van der Waals surface area contributed by atoms with Crippen LogP contribution in [-0.2, 0) is 49.4 Å². The van der Waals surface area contributed by atoms with E-state index in [9.17, 15) is 110 Å². The molecule has 0 saturated heterocycles. The maximum absolute atomic E-state index is 14.2. The summed E-state index contributed by atoms with van der Waals surface area (Å²) in [7, 11) is 0. The molecular weight excluding hydrogens is 1030 g/mol. The van der Waals surface area contributed by atoms with Gasteiger partial charge < -0.3 is 0 Å². The molecule has 6 aromatic rings. The number of hydrogen-bond donors (Lipinski definition) is 0. The maximum atomic E-state index is 14.2. The average molecular weight is 1050 g/mol. The third-order valence-electron chi connectivity index (χ3n) is 10.2. The predicted molar refractivity (Wildman–Crippen MR) is 199 cm³/mol. The lowest BCUT2D eigenvalue weighted by atomic mass is 9.12. The first-order chi connectivity index (χ1) is 32.1. The Kier molecular flexibility index (Phi) is 14.7. The Morgan fingerprint density at radius 3 is 0.732 bits per heavy atom. The number of halogens is 25. The number of para-hydroxylation sites is 1. The zero-order chi connectivity index (χ0) is 53.7. The molecule has 0 fully saturated rings. The van der Waals surface area contributed by atoms with E-state index in [0.29, 0.717) is 0 Å². The maximum Gasteiger partial charge on any atom is 0.416 e. The fourth-order valence-electron chi connectivity index (χ4n) is 7.15. The van der Waals surface area contributed by atoms with Crippen molar-refractivity contribution in [3.05, 3.63) is 178 Å². The van der Waals surface area contributed by atoms with Crippen molar-refractivity contribution >= 4 is 28.0 Å². The molecule has 2 nitrogen and oxygen atoms in total. The number of aromatic nitrogens is 1. The van der Waals surface area contributed by atoms with E-state index in [4.69, 9.17) is 4.84 Å². The highest BCUT2D eigenvalue weighted by Crippen LogP contribution is 2.41. The Morgan fingerprint density at radius 2 is 0.521 bits per heavy atom. The first kappa shape index (κ1) is 55.3. The van der Waals surface area contributed by atoms with Gasteiger partial charge in [0.2, 0.25) is 18.1 Å². The van der Waals surface area contributed by atoms with Gasteiger partial charge in [0.15, 0.2) is 5.82 Å². The third-order valence-corrected chi connectivity index (χ3v) is 10.2. The van der Waals surface area contributed by atoms with E-state index >= 15 is 0 Å². The summed E-state index contributed by atoms with van der Waals surface area (Å²) >= 11 is 0. The van der Waals surface area contributed by atoms with Crippen LogP contribution >= 0.6 is 0 Å². The molecule has 0 unspecified atom stereocenters. The highest BCUT2D eigenvalue weighted by atomic mass is 19.4. The first-order valence-corrected chi connectivity index (χ1v) is 18.9. The van der Waals surface area contributed by atoms with E-state index in [2.05, 4.69) is 0 Å². The molecule has 382 valence electrons. The van der Waals surface area contributed by atoms with Gasteiger partial charge in [-0.1, -0.05) is 66.7 Å². The van der Waals surface area contributed by atoms with Crippen molar-refractivity contribution in [3.8, 4) is 5.75 Å². The first-order valence-electron chi connectivity index (χ1n) is 18.9. The van der Waals surface area contributed by atoms with Gasteiger partial charge in [-0.3, -0.25) is 0 Å². The van der Waals surface area contributed by atoms with Crippen molar-refractivity contribution in [1.82, 2.24) is 0 Å². The minimum Gasteiger partial charge on any atom is -0.228 e. The van der Waals surface area contributed by atoms with Crippen molar-refractivity contribution in [1.29, 1.82) is 0 Å². The SMILES string of the molecule is FC(F)(F)c1cc([B-](c2cc(C(F)(F)F)cc(C(F)(F)F)c2)(c2cc(C(F)(F)F)cc(C(F)(F)F)c2)c2cc(C(F)(F)F)cc(C(F)(F)F)c2)cc(C(F)(F)F)c1.Fc1ccccc1O[n+]1ccccc1. The van der Waals surface area contributed by atoms with Crippen LogP contribution in [0.3, 0.4) is 0 Å². The Bertz CT molecular complexity index is 2410. The minimum absolute atomic E-state index is 0.212. The van der Waals surface area contributed by atoms with Crippen molar-refractivity contribution in [2.75, 3.05) is 0 Å².